The van der Waals surface area contributed by atoms with Gasteiger partial charge in [-0.3, -0.25) is 9.69 Å². The number of carbonyl (C=O) groups is 2. The molecule has 4 rings (SSSR count). The molecule has 0 aliphatic heterocycles. The highest BCUT2D eigenvalue weighted by molar-refractivity contribution is 5.93. The molecule has 0 spiro atoms. The van der Waals surface area contributed by atoms with Crippen molar-refractivity contribution in [3.63, 3.8) is 0 Å². The number of hydrogen-bond acceptors (Lipinski definition) is 4. The molecule has 0 saturated carbocycles. The molecule has 1 aliphatic rings. The second-order valence-corrected chi connectivity index (χ2v) is 6.99. The van der Waals surface area contributed by atoms with E-state index < -0.39 is 18.6 Å². The van der Waals surface area contributed by atoms with E-state index in [0.717, 1.165) is 27.2 Å². The van der Waals surface area contributed by atoms with Gasteiger partial charge in [-0.1, -0.05) is 54.6 Å². The molecule has 0 atom stereocenters. The highest BCUT2D eigenvalue weighted by atomic mass is 16.6. The van der Waals surface area contributed by atoms with Crippen LogP contribution in [0.1, 0.15) is 17.0 Å². The molecule has 0 unspecified atom stereocenters. The van der Waals surface area contributed by atoms with Gasteiger partial charge in [0, 0.05) is 12.0 Å². The zero-order valence-corrected chi connectivity index (χ0v) is 16.4. The molecule has 30 heavy (non-hydrogen) atoms. The van der Waals surface area contributed by atoms with E-state index in [2.05, 4.69) is 12.1 Å². The smallest absolute Gasteiger partial charge is 0.414 e. The molecule has 6 heteroatoms. The fourth-order valence-corrected chi connectivity index (χ4v) is 3.85. The fourth-order valence-electron chi connectivity index (χ4n) is 3.85. The van der Waals surface area contributed by atoms with E-state index >= 15 is 0 Å². The molecule has 0 bridgehead atoms. The molecule has 0 saturated heterocycles. The minimum Gasteiger partial charge on any atom is -0.497 e. The van der Waals surface area contributed by atoms with Crippen molar-refractivity contribution >= 4 is 17.7 Å². The van der Waals surface area contributed by atoms with E-state index in [-0.39, 0.29) is 12.5 Å². The van der Waals surface area contributed by atoms with Crippen LogP contribution in [0.15, 0.2) is 72.8 Å². The summed E-state index contributed by atoms with van der Waals surface area (Å²) in [5.74, 6) is -0.709. The molecular formula is C24H21NO5. The average molecular weight is 403 g/mol. The molecule has 1 N–H and O–H groups in total. The Morgan fingerprint density at radius 1 is 0.933 bits per heavy atom. The summed E-state index contributed by atoms with van der Waals surface area (Å²) < 4.78 is 10.8. The van der Waals surface area contributed by atoms with Gasteiger partial charge in [0.2, 0.25) is 0 Å². The van der Waals surface area contributed by atoms with Crippen LogP contribution in [0.25, 0.3) is 11.1 Å². The number of carboxylic acid groups (broad SMARTS) is 1. The first-order chi connectivity index (χ1) is 14.6. The van der Waals surface area contributed by atoms with Crippen LogP contribution in [0.5, 0.6) is 5.75 Å². The second kappa shape index (κ2) is 8.29. The number of carbonyl (C=O) groups excluding carboxylic acids is 1. The summed E-state index contributed by atoms with van der Waals surface area (Å²) in [6.07, 6.45) is -0.715. The Hall–Kier alpha value is -3.80. The summed E-state index contributed by atoms with van der Waals surface area (Å²) >= 11 is 0. The van der Waals surface area contributed by atoms with Crippen molar-refractivity contribution in [3.8, 4) is 16.9 Å². The van der Waals surface area contributed by atoms with Crippen LogP contribution in [0.2, 0.25) is 0 Å². The first kappa shape index (κ1) is 19.5. The predicted octanol–water partition coefficient (Wildman–Crippen LogP) is 4.54. The molecule has 0 aromatic heterocycles. The van der Waals surface area contributed by atoms with Crippen LogP contribution in [-0.2, 0) is 9.53 Å². The number of methoxy groups -OCH3 is 1. The Labute approximate surface area is 174 Å². The lowest BCUT2D eigenvalue weighted by Crippen LogP contribution is -2.36. The van der Waals surface area contributed by atoms with E-state index in [0.29, 0.717) is 11.4 Å². The van der Waals surface area contributed by atoms with Gasteiger partial charge in [-0.05, 0) is 34.4 Å². The molecule has 1 amide bonds. The van der Waals surface area contributed by atoms with E-state index in [1.807, 2.05) is 36.4 Å². The standard InChI is InChI=1S/C24H21NO5/c1-29-17-8-6-7-16(13-17)25(14-23(26)27)24(28)30-15-22-20-11-4-2-9-18(20)19-10-3-5-12-21(19)22/h2-13,22H,14-15H2,1H3,(H,26,27). The molecular weight excluding hydrogens is 382 g/mol. The number of fused-ring (bicyclic) bond motifs is 3. The van der Waals surface area contributed by atoms with E-state index in [9.17, 15) is 14.7 Å². The third kappa shape index (κ3) is 3.72. The van der Waals surface area contributed by atoms with Gasteiger partial charge in [0.1, 0.15) is 18.9 Å². The number of benzene rings is 3. The van der Waals surface area contributed by atoms with Crippen molar-refractivity contribution in [2.75, 3.05) is 25.2 Å². The Morgan fingerprint density at radius 3 is 2.17 bits per heavy atom. The number of anilines is 1. The third-order valence-corrected chi connectivity index (χ3v) is 5.21. The molecule has 0 fully saturated rings. The lowest BCUT2D eigenvalue weighted by Gasteiger charge is -2.22. The van der Waals surface area contributed by atoms with Crippen LogP contribution in [0.4, 0.5) is 10.5 Å². The number of rotatable bonds is 6. The van der Waals surface area contributed by atoms with Crippen molar-refractivity contribution in [2.24, 2.45) is 0 Å². The SMILES string of the molecule is COc1cccc(N(CC(=O)O)C(=O)OCC2c3ccccc3-c3ccccc32)c1. The Morgan fingerprint density at radius 2 is 1.57 bits per heavy atom. The lowest BCUT2D eigenvalue weighted by molar-refractivity contribution is -0.135. The summed E-state index contributed by atoms with van der Waals surface area (Å²) in [6.45, 7) is -0.392. The molecule has 3 aromatic carbocycles. The van der Waals surface area contributed by atoms with Gasteiger partial charge in [-0.25, -0.2) is 4.79 Å². The van der Waals surface area contributed by atoms with Crippen molar-refractivity contribution in [2.45, 2.75) is 5.92 Å². The van der Waals surface area contributed by atoms with Crippen LogP contribution in [-0.4, -0.2) is 37.4 Å². The van der Waals surface area contributed by atoms with Crippen molar-refractivity contribution in [1.29, 1.82) is 0 Å². The molecule has 3 aromatic rings. The van der Waals surface area contributed by atoms with E-state index in [1.165, 1.54) is 7.11 Å². The van der Waals surface area contributed by atoms with Gasteiger partial charge in [0.25, 0.3) is 0 Å². The maximum absolute atomic E-state index is 12.9. The molecule has 152 valence electrons. The Balaban J connectivity index is 1.57. The van der Waals surface area contributed by atoms with Crippen molar-refractivity contribution in [1.82, 2.24) is 0 Å². The quantitative estimate of drug-likeness (QED) is 0.654. The summed E-state index contributed by atoms with van der Waals surface area (Å²) in [4.78, 5) is 25.3. The molecule has 1 aliphatic carbocycles. The summed E-state index contributed by atoms with van der Waals surface area (Å²) in [5.41, 5.74) is 4.85. The molecule has 6 nitrogen and oxygen atoms in total. The first-order valence-corrected chi connectivity index (χ1v) is 9.57. The first-order valence-electron chi connectivity index (χ1n) is 9.57. The molecule has 0 radical (unpaired) electrons. The molecule has 0 heterocycles. The van der Waals surface area contributed by atoms with E-state index in [1.54, 1.807) is 24.3 Å². The Bertz CT molecular complexity index is 1050. The van der Waals surface area contributed by atoms with Crippen LogP contribution >= 0.6 is 0 Å². The Kier molecular flexibility index (Phi) is 5.39. The second-order valence-electron chi connectivity index (χ2n) is 6.99. The normalized spacial score (nSPS) is 12.0. The summed E-state index contributed by atoms with van der Waals surface area (Å²) in [7, 11) is 1.51. The van der Waals surface area contributed by atoms with Crippen LogP contribution in [0, 0.1) is 0 Å². The lowest BCUT2D eigenvalue weighted by atomic mass is 9.98. The highest BCUT2D eigenvalue weighted by Gasteiger charge is 2.30. The van der Waals surface area contributed by atoms with Gasteiger partial charge in [-0.15, -0.1) is 0 Å². The highest BCUT2D eigenvalue weighted by Crippen LogP contribution is 2.44. The largest absolute Gasteiger partial charge is 0.497 e. The number of nitrogens with zero attached hydrogens (tertiary/aromatic N) is 1. The van der Waals surface area contributed by atoms with Crippen LogP contribution in [0.3, 0.4) is 0 Å². The van der Waals surface area contributed by atoms with Gasteiger partial charge >= 0.3 is 12.1 Å². The van der Waals surface area contributed by atoms with E-state index in [4.69, 9.17) is 9.47 Å². The van der Waals surface area contributed by atoms with Gasteiger partial charge in [0.05, 0.1) is 12.8 Å². The van der Waals surface area contributed by atoms with Gasteiger partial charge < -0.3 is 14.6 Å². The number of carboxylic acids is 1. The van der Waals surface area contributed by atoms with Crippen molar-refractivity contribution < 1.29 is 24.2 Å². The van der Waals surface area contributed by atoms with Gasteiger partial charge in [-0.2, -0.15) is 0 Å². The number of ether oxygens (including phenoxy) is 2. The topological polar surface area (TPSA) is 76.1 Å². The van der Waals surface area contributed by atoms with Crippen LogP contribution < -0.4 is 9.64 Å². The minimum absolute atomic E-state index is 0.0988. The zero-order chi connectivity index (χ0) is 21.1. The third-order valence-electron chi connectivity index (χ3n) is 5.21. The predicted molar refractivity (Wildman–Crippen MR) is 113 cm³/mol. The number of hydrogen-bond donors (Lipinski definition) is 1. The van der Waals surface area contributed by atoms with Crippen molar-refractivity contribution in [3.05, 3.63) is 83.9 Å². The number of aliphatic carboxylic acids is 1. The number of amides is 1. The monoisotopic (exact) mass is 403 g/mol. The fraction of sp³-hybridized carbons (Fsp3) is 0.167. The maximum Gasteiger partial charge on any atom is 0.414 e. The summed E-state index contributed by atoms with van der Waals surface area (Å²) in [6, 6.07) is 22.8. The summed E-state index contributed by atoms with van der Waals surface area (Å²) in [5, 5.41) is 9.28. The maximum atomic E-state index is 12.9. The average Bonchev–Trinajstić information content (AvgIpc) is 3.09. The zero-order valence-electron chi connectivity index (χ0n) is 16.4. The minimum atomic E-state index is -1.13. The van der Waals surface area contributed by atoms with Gasteiger partial charge in [0.15, 0.2) is 0 Å².